The molecule has 215 valence electrons. The minimum Gasteiger partial charge on any atom is -0.392 e. The molecular weight excluding hydrogens is 659 g/mol. The molecule has 2 N–H and O–H groups in total. The van der Waals surface area contributed by atoms with Crippen molar-refractivity contribution in [2.75, 3.05) is 0 Å². The van der Waals surface area contributed by atoms with Crippen molar-refractivity contribution < 1.29 is 30.3 Å². The fourth-order valence-electron chi connectivity index (χ4n) is 7.40. The quantitative estimate of drug-likeness (QED) is 0.253. The number of benzene rings is 2. The number of hydrogen-bond donors (Lipinski definition) is 2. The molecule has 2 aromatic carbocycles. The number of fused-ring (bicyclic) bond motifs is 2. The second-order valence-electron chi connectivity index (χ2n) is 12.2. The molecule has 2 aliphatic rings. The van der Waals surface area contributed by atoms with Crippen molar-refractivity contribution in [3.8, 4) is 11.3 Å². The van der Waals surface area contributed by atoms with Gasteiger partial charge in [-0.2, -0.15) is 0 Å². The molecule has 1 aromatic heterocycles. The van der Waals surface area contributed by atoms with Crippen LogP contribution in [0.25, 0.3) is 22.0 Å². The minimum absolute atomic E-state index is 0. The number of aliphatic hydroxyl groups excluding tert-OH is 2. The van der Waals surface area contributed by atoms with E-state index in [-0.39, 0.29) is 49.1 Å². The summed E-state index contributed by atoms with van der Waals surface area (Å²) in [5, 5.41) is 24.2. The Morgan fingerprint density at radius 3 is 2.15 bits per heavy atom. The van der Waals surface area contributed by atoms with E-state index < -0.39 is 0 Å². The van der Waals surface area contributed by atoms with Gasteiger partial charge in [0.25, 0.3) is 0 Å². The van der Waals surface area contributed by atoms with Gasteiger partial charge < -0.3 is 15.2 Å². The van der Waals surface area contributed by atoms with Gasteiger partial charge >= 0.3 is 0 Å². The van der Waals surface area contributed by atoms with Crippen molar-refractivity contribution in [2.24, 2.45) is 22.7 Å². The Balaban J connectivity index is 0.000000210. The third-order valence-electron chi connectivity index (χ3n) is 10.4. The summed E-state index contributed by atoms with van der Waals surface area (Å²) in [7, 11) is 0. The Morgan fingerprint density at radius 2 is 1.56 bits per heavy atom. The van der Waals surface area contributed by atoms with Crippen LogP contribution in [0.3, 0.4) is 0 Å². The van der Waals surface area contributed by atoms with Crippen molar-refractivity contribution in [1.29, 1.82) is 0 Å². The molecule has 39 heavy (non-hydrogen) atoms. The fraction of sp³-hybridized carbons (Fsp3) is 0.571. The summed E-state index contributed by atoms with van der Waals surface area (Å²) in [6, 6.07) is 19.9. The minimum atomic E-state index is -0.309. The average molecular weight is 707 g/mol. The topological polar surface area (TPSA) is 53.4 Å². The molecule has 0 bridgehead atoms. The molecule has 1 radical (unpaired) electrons. The van der Waals surface area contributed by atoms with Gasteiger partial charge in [-0.1, -0.05) is 59.7 Å². The van der Waals surface area contributed by atoms with E-state index in [1.54, 1.807) is 0 Å². The maximum atomic E-state index is 10.9. The van der Waals surface area contributed by atoms with Crippen molar-refractivity contribution in [3.05, 3.63) is 66.4 Å². The van der Waals surface area contributed by atoms with Gasteiger partial charge in [-0.25, -0.2) is 0 Å². The summed E-state index contributed by atoms with van der Waals surface area (Å²) >= 11 is 0. The largest absolute Gasteiger partial charge is 0.392 e. The predicted molar refractivity (Wildman–Crippen MR) is 159 cm³/mol. The summed E-state index contributed by atoms with van der Waals surface area (Å²) in [4.78, 5) is 4.55. The van der Waals surface area contributed by atoms with Gasteiger partial charge in [0.15, 0.2) is 0 Å². The van der Waals surface area contributed by atoms with Gasteiger partial charge in [0.2, 0.25) is 0 Å². The molecule has 2 fully saturated rings. The standard InChI is InChI=1S/C18H16N.C17H32O2.Ir/c1-13(2)15-8-9-16-11-18(19-12-17(16)10-15)14-6-4-3-5-7-14;1-5-16(6-2)10-9-12-11-17(7-3,8-4)15(19)13(12)14(16)18;/h3-6,8-13H,1-2H3;12-15,18-19H,5-11H2,1-4H3;/q-1;;. The van der Waals surface area contributed by atoms with Gasteiger partial charge in [-0.15, -0.1) is 35.9 Å². The first-order chi connectivity index (χ1) is 18.2. The number of nitrogens with zero attached hydrogens (tertiary/aromatic N) is 1. The second-order valence-corrected chi connectivity index (χ2v) is 12.2. The first kappa shape index (κ1) is 31.9. The SMILES string of the molecule is CC(C)c1ccc2cc(-c3[c-]cccc3)ncc2c1.CCC1(CC)CCC2CC(CC)(CC)C(O)C2C1O.[Ir]. The zero-order valence-corrected chi connectivity index (χ0v) is 27.1. The fourth-order valence-corrected chi connectivity index (χ4v) is 7.40. The van der Waals surface area contributed by atoms with Crippen molar-refractivity contribution in [1.82, 2.24) is 4.98 Å². The normalized spacial score (nSPS) is 24.9. The third kappa shape index (κ3) is 6.20. The van der Waals surface area contributed by atoms with Crippen LogP contribution in [0, 0.1) is 28.7 Å². The third-order valence-corrected chi connectivity index (χ3v) is 10.4. The van der Waals surface area contributed by atoms with Crippen molar-refractivity contribution in [2.45, 2.75) is 105 Å². The molecule has 0 spiro atoms. The summed E-state index contributed by atoms with van der Waals surface area (Å²) in [6.45, 7) is 13.2. The molecule has 0 aliphatic heterocycles. The molecule has 0 amide bonds. The molecule has 5 rings (SSSR count). The van der Waals surface area contributed by atoms with Crippen LogP contribution < -0.4 is 0 Å². The van der Waals surface area contributed by atoms with Crippen LogP contribution in [0.4, 0.5) is 0 Å². The summed E-state index contributed by atoms with van der Waals surface area (Å²) in [6.07, 6.45) is 8.93. The van der Waals surface area contributed by atoms with Crippen LogP contribution in [0.1, 0.15) is 98.0 Å². The van der Waals surface area contributed by atoms with Gasteiger partial charge in [-0.05, 0) is 95.7 Å². The Morgan fingerprint density at radius 1 is 0.897 bits per heavy atom. The van der Waals surface area contributed by atoms with Crippen LogP contribution in [0.15, 0.2) is 54.7 Å². The summed E-state index contributed by atoms with van der Waals surface area (Å²) < 4.78 is 0. The van der Waals surface area contributed by atoms with E-state index in [4.69, 9.17) is 0 Å². The van der Waals surface area contributed by atoms with Crippen LogP contribution in [0.5, 0.6) is 0 Å². The first-order valence-corrected chi connectivity index (χ1v) is 15.0. The van der Waals surface area contributed by atoms with Gasteiger partial charge in [0.05, 0.1) is 12.2 Å². The Bertz CT molecular complexity index is 1180. The van der Waals surface area contributed by atoms with E-state index in [9.17, 15) is 10.2 Å². The molecule has 1 heterocycles. The maximum Gasteiger partial charge on any atom is 0.0651 e. The van der Waals surface area contributed by atoms with E-state index in [0.29, 0.717) is 11.8 Å². The average Bonchev–Trinajstić information content (AvgIpc) is 3.26. The monoisotopic (exact) mass is 707 g/mol. The molecular formula is C35H48IrNO2-. The van der Waals surface area contributed by atoms with E-state index in [0.717, 1.165) is 49.8 Å². The van der Waals surface area contributed by atoms with E-state index in [1.807, 2.05) is 30.5 Å². The van der Waals surface area contributed by atoms with Gasteiger partial charge in [0.1, 0.15) is 0 Å². The summed E-state index contributed by atoms with van der Waals surface area (Å²) in [5.74, 6) is 1.20. The van der Waals surface area contributed by atoms with Crippen LogP contribution in [-0.2, 0) is 20.1 Å². The Hall–Kier alpha value is -1.58. The molecule has 3 nitrogen and oxygen atoms in total. The Labute approximate surface area is 250 Å². The smallest absolute Gasteiger partial charge is 0.0651 e. The van der Waals surface area contributed by atoms with Crippen molar-refractivity contribution in [3.63, 3.8) is 0 Å². The van der Waals surface area contributed by atoms with Gasteiger partial charge in [0, 0.05) is 32.2 Å². The van der Waals surface area contributed by atoms with Crippen LogP contribution in [-0.4, -0.2) is 27.4 Å². The first-order valence-electron chi connectivity index (χ1n) is 15.0. The number of aliphatic hydroxyl groups is 2. The van der Waals surface area contributed by atoms with E-state index in [1.165, 1.54) is 22.8 Å². The molecule has 4 heteroatoms. The second kappa shape index (κ2) is 13.4. The molecule has 2 saturated carbocycles. The molecule has 2 aliphatic carbocycles. The van der Waals surface area contributed by atoms with Crippen LogP contribution in [0.2, 0.25) is 0 Å². The number of rotatable bonds is 6. The molecule has 0 saturated heterocycles. The van der Waals surface area contributed by atoms with Crippen LogP contribution >= 0.6 is 0 Å². The predicted octanol–water partition coefficient (Wildman–Crippen LogP) is 8.57. The zero-order chi connectivity index (χ0) is 27.5. The maximum absolute atomic E-state index is 10.9. The molecule has 4 atom stereocenters. The van der Waals surface area contributed by atoms with Gasteiger partial charge in [-0.3, -0.25) is 0 Å². The zero-order valence-electron chi connectivity index (χ0n) is 24.7. The molecule has 4 unspecified atom stereocenters. The van der Waals surface area contributed by atoms with Crippen molar-refractivity contribution >= 4 is 10.8 Å². The number of hydrogen-bond acceptors (Lipinski definition) is 3. The Kier molecular flexibility index (Phi) is 11.0. The number of aromatic nitrogens is 1. The summed E-state index contributed by atoms with van der Waals surface area (Å²) in [5.41, 5.74) is 3.49. The molecule has 3 aromatic rings. The number of pyridine rings is 1. The van der Waals surface area contributed by atoms with E-state index >= 15 is 0 Å². The van der Waals surface area contributed by atoms with E-state index in [2.05, 4.69) is 76.9 Å².